The number of hydrogen-bond donors (Lipinski definition) is 2. The maximum absolute atomic E-state index is 11.3. The Morgan fingerprint density at radius 2 is 2.38 bits per heavy atom. The lowest BCUT2D eigenvalue weighted by molar-refractivity contribution is -0.120. The van der Waals surface area contributed by atoms with Gasteiger partial charge in [-0.2, -0.15) is 11.8 Å². The number of rotatable bonds is 7. The van der Waals surface area contributed by atoms with Gasteiger partial charge in [-0.25, -0.2) is 0 Å². The van der Waals surface area contributed by atoms with E-state index in [0.717, 1.165) is 13.1 Å². The number of carbonyl (C=O) groups is 1. The largest absolute Gasteiger partial charge is 0.383 e. The molecule has 1 fully saturated rings. The van der Waals surface area contributed by atoms with Crippen molar-refractivity contribution in [2.75, 3.05) is 39.1 Å². The second kappa shape index (κ2) is 10.2. The number of thioether (sulfide) groups is 1. The van der Waals surface area contributed by atoms with E-state index in [2.05, 4.69) is 10.6 Å². The van der Waals surface area contributed by atoms with Gasteiger partial charge in [0.2, 0.25) is 5.91 Å². The van der Waals surface area contributed by atoms with Gasteiger partial charge in [-0.15, -0.1) is 12.4 Å². The Morgan fingerprint density at radius 3 is 3.00 bits per heavy atom. The zero-order chi connectivity index (χ0) is 10.9. The molecule has 1 rings (SSSR count). The Kier molecular flexibility index (Phi) is 10.2. The van der Waals surface area contributed by atoms with Crippen molar-refractivity contribution in [3.63, 3.8) is 0 Å². The van der Waals surface area contributed by atoms with Gasteiger partial charge < -0.3 is 15.4 Å². The fourth-order valence-corrected chi connectivity index (χ4v) is 2.67. The van der Waals surface area contributed by atoms with Crippen molar-refractivity contribution in [1.82, 2.24) is 10.6 Å². The number of carbonyl (C=O) groups excluding carboxylic acids is 1. The lowest BCUT2D eigenvalue weighted by Gasteiger charge is -2.10. The maximum atomic E-state index is 11.3. The zero-order valence-corrected chi connectivity index (χ0v) is 11.3. The Morgan fingerprint density at radius 1 is 1.56 bits per heavy atom. The second-order valence-corrected chi connectivity index (χ2v) is 5.02. The average molecular weight is 269 g/mol. The topological polar surface area (TPSA) is 50.4 Å². The van der Waals surface area contributed by atoms with Crippen LogP contribution in [-0.2, 0) is 9.53 Å². The summed E-state index contributed by atoms with van der Waals surface area (Å²) in [7, 11) is 1.65. The number of amides is 1. The van der Waals surface area contributed by atoms with Crippen LogP contribution in [0.3, 0.4) is 0 Å². The molecule has 0 aromatic carbocycles. The lowest BCUT2D eigenvalue weighted by Crippen LogP contribution is -2.37. The molecule has 1 saturated heterocycles. The minimum Gasteiger partial charge on any atom is -0.383 e. The fourth-order valence-electron chi connectivity index (χ4n) is 1.47. The van der Waals surface area contributed by atoms with E-state index < -0.39 is 0 Å². The molecule has 0 saturated carbocycles. The van der Waals surface area contributed by atoms with E-state index in [0.29, 0.717) is 18.4 Å². The van der Waals surface area contributed by atoms with E-state index in [1.807, 2.05) is 11.8 Å². The van der Waals surface area contributed by atoms with E-state index >= 15 is 0 Å². The number of hydrogen-bond acceptors (Lipinski definition) is 4. The molecule has 0 aromatic rings. The van der Waals surface area contributed by atoms with E-state index in [1.165, 1.54) is 18.6 Å². The Labute approximate surface area is 108 Å². The highest BCUT2D eigenvalue weighted by Gasteiger charge is 2.15. The second-order valence-electron chi connectivity index (χ2n) is 3.61. The third kappa shape index (κ3) is 7.33. The number of ether oxygens (including phenoxy) is 1. The summed E-state index contributed by atoms with van der Waals surface area (Å²) >= 11 is 1.96. The molecule has 96 valence electrons. The summed E-state index contributed by atoms with van der Waals surface area (Å²) in [6.45, 7) is 2.57. The van der Waals surface area contributed by atoms with E-state index in [9.17, 15) is 4.79 Å². The highest BCUT2D eigenvalue weighted by molar-refractivity contribution is 8.00. The van der Waals surface area contributed by atoms with Gasteiger partial charge in [-0.05, 0) is 18.6 Å². The van der Waals surface area contributed by atoms with Crippen LogP contribution < -0.4 is 10.6 Å². The van der Waals surface area contributed by atoms with Gasteiger partial charge in [0, 0.05) is 25.4 Å². The molecule has 1 amide bonds. The summed E-state index contributed by atoms with van der Waals surface area (Å²) in [5.41, 5.74) is 0. The molecule has 0 aliphatic carbocycles. The number of halogens is 1. The molecule has 16 heavy (non-hydrogen) atoms. The Bertz CT molecular complexity index is 190. The van der Waals surface area contributed by atoms with Gasteiger partial charge >= 0.3 is 0 Å². The van der Waals surface area contributed by atoms with Gasteiger partial charge in [-0.3, -0.25) is 4.79 Å². The van der Waals surface area contributed by atoms with Crippen LogP contribution in [0.15, 0.2) is 0 Å². The first kappa shape index (κ1) is 16.0. The third-order valence-electron chi connectivity index (χ3n) is 2.32. The van der Waals surface area contributed by atoms with E-state index in [-0.39, 0.29) is 18.3 Å². The molecule has 1 aliphatic heterocycles. The molecular formula is C10H21ClN2O2S. The molecular weight excluding hydrogens is 248 g/mol. The molecule has 0 bridgehead atoms. The van der Waals surface area contributed by atoms with Crippen LogP contribution in [0.5, 0.6) is 0 Å². The van der Waals surface area contributed by atoms with Crippen molar-refractivity contribution in [3.8, 4) is 0 Å². The SMILES string of the molecule is COCCNCC(=O)NCC1CCCS1.Cl. The van der Waals surface area contributed by atoms with Crippen LogP contribution in [0.25, 0.3) is 0 Å². The predicted molar refractivity (Wildman–Crippen MR) is 70.5 cm³/mol. The predicted octanol–water partition coefficient (Wildman–Crippen LogP) is 0.656. The Hall–Kier alpha value is 0.0300. The van der Waals surface area contributed by atoms with Gasteiger partial charge in [0.1, 0.15) is 0 Å². The molecule has 0 radical (unpaired) electrons. The van der Waals surface area contributed by atoms with Crippen LogP contribution in [0.1, 0.15) is 12.8 Å². The normalized spacial score (nSPS) is 19.2. The smallest absolute Gasteiger partial charge is 0.233 e. The average Bonchev–Trinajstić information content (AvgIpc) is 2.74. The molecule has 1 heterocycles. The van der Waals surface area contributed by atoms with Gasteiger partial charge in [0.25, 0.3) is 0 Å². The molecule has 0 spiro atoms. The minimum atomic E-state index is 0. The standard InChI is InChI=1S/C10H20N2O2S.ClH/c1-14-5-4-11-8-10(13)12-7-9-3-2-6-15-9;/h9,11H,2-8H2,1H3,(H,12,13);1H. The first-order chi connectivity index (χ1) is 7.33. The maximum Gasteiger partial charge on any atom is 0.233 e. The lowest BCUT2D eigenvalue weighted by atomic mass is 10.2. The van der Waals surface area contributed by atoms with Crippen LogP contribution in [-0.4, -0.2) is 50.3 Å². The molecule has 4 nitrogen and oxygen atoms in total. The van der Waals surface area contributed by atoms with Crippen LogP contribution >= 0.6 is 24.2 Å². The number of methoxy groups -OCH3 is 1. The van der Waals surface area contributed by atoms with Crippen molar-refractivity contribution in [3.05, 3.63) is 0 Å². The third-order valence-corrected chi connectivity index (χ3v) is 3.72. The summed E-state index contributed by atoms with van der Waals surface area (Å²) in [6, 6.07) is 0. The van der Waals surface area contributed by atoms with Crippen molar-refractivity contribution >= 4 is 30.1 Å². The Balaban J connectivity index is 0.00000225. The monoisotopic (exact) mass is 268 g/mol. The van der Waals surface area contributed by atoms with Gasteiger partial charge in [-0.1, -0.05) is 0 Å². The van der Waals surface area contributed by atoms with E-state index in [4.69, 9.17) is 4.74 Å². The van der Waals surface area contributed by atoms with Crippen molar-refractivity contribution in [2.45, 2.75) is 18.1 Å². The molecule has 0 aromatic heterocycles. The highest BCUT2D eigenvalue weighted by atomic mass is 35.5. The summed E-state index contributed by atoms with van der Waals surface area (Å²) in [4.78, 5) is 11.3. The molecule has 1 unspecified atom stereocenters. The van der Waals surface area contributed by atoms with Crippen LogP contribution in [0.4, 0.5) is 0 Å². The first-order valence-electron chi connectivity index (χ1n) is 5.41. The summed E-state index contributed by atoms with van der Waals surface area (Å²) in [6.07, 6.45) is 2.53. The highest BCUT2D eigenvalue weighted by Crippen LogP contribution is 2.24. The zero-order valence-electron chi connectivity index (χ0n) is 9.66. The van der Waals surface area contributed by atoms with E-state index in [1.54, 1.807) is 7.11 Å². The summed E-state index contributed by atoms with van der Waals surface area (Å²) in [5, 5.41) is 6.59. The summed E-state index contributed by atoms with van der Waals surface area (Å²) in [5.74, 6) is 1.32. The fraction of sp³-hybridized carbons (Fsp3) is 0.900. The van der Waals surface area contributed by atoms with Crippen molar-refractivity contribution in [1.29, 1.82) is 0 Å². The minimum absolute atomic E-state index is 0. The van der Waals surface area contributed by atoms with Crippen molar-refractivity contribution in [2.24, 2.45) is 0 Å². The van der Waals surface area contributed by atoms with Gasteiger partial charge in [0.15, 0.2) is 0 Å². The summed E-state index contributed by atoms with van der Waals surface area (Å²) < 4.78 is 4.87. The van der Waals surface area contributed by atoms with Crippen LogP contribution in [0, 0.1) is 0 Å². The van der Waals surface area contributed by atoms with Gasteiger partial charge in [0.05, 0.1) is 13.2 Å². The van der Waals surface area contributed by atoms with Crippen LogP contribution in [0.2, 0.25) is 0 Å². The molecule has 1 aliphatic rings. The quantitative estimate of drug-likeness (QED) is 0.666. The number of nitrogens with one attached hydrogen (secondary N) is 2. The molecule has 1 atom stereocenters. The first-order valence-corrected chi connectivity index (χ1v) is 6.45. The molecule has 2 N–H and O–H groups in total. The van der Waals surface area contributed by atoms with Crippen molar-refractivity contribution < 1.29 is 9.53 Å². The molecule has 6 heteroatoms.